The van der Waals surface area contributed by atoms with Gasteiger partial charge in [-0.3, -0.25) is 9.20 Å². The number of hydrogen-bond donors (Lipinski definition) is 0. The number of aryl methyl sites for hydroxylation is 2. The maximum atomic E-state index is 12.9. The number of hydrogen-bond acceptors (Lipinski definition) is 4. The summed E-state index contributed by atoms with van der Waals surface area (Å²) in [6.45, 7) is 8.47. The Balaban J connectivity index is 1.64. The summed E-state index contributed by atoms with van der Waals surface area (Å²) in [6, 6.07) is 9.20. The van der Waals surface area contributed by atoms with Gasteiger partial charge in [0.05, 0.1) is 11.3 Å². The first-order valence-electron chi connectivity index (χ1n) is 9.65. The van der Waals surface area contributed by atoms with Crippen molar-refractivity contribution in [3.63, 3.8) is 0 Å². The van der Waals surface area contributed by atoms with Crippen LogP contribution in [0, 0.1) is 13.8 Å². The van der Waals surface area contributed by atoms with E-state index in [0.717, 1.165) is 34.7 Å². The predicted octanol–water partition coefficient (Wildman–Crippen LogP) is 4.38. The van der Waals surface area contributed by atoms with E-state index in [4.69, 9.17) is 0 Å². The second kappa shape index (κ2) is 7.15. The summed E-state index contributed by atoms with van der Waals surface area (Å²) in [5.74, 6) is 0.598. The highest BCUT2D eigenvalue weighted by Gasteiger charge is 2.29. The smallest absolute Gasteiger partial charge is 0.233 e. The maximum absolute atomic E-state index is 12.9. The third kappa shape index (κ3) is 3.31. The van der Waals surface area contributed by atoms with E-state index in [0.29, 0.717) is 17.8 Å². The second-order valence-corrected chi connectivity index (χ2v) is 8.69. The van der Waals surface area contributed by atoms with E-state index in [1.807, 2.05) is 0 Å². The number of rotatable bonds is 3. The van der Waals surface area contributed by atoms with Crippen LogP contribution in [0.2, 0.25) is 0 Å². The van der Waals surface area contributed by atoms with Gasteiger partial charge >= 0.3 is 0 Å². The average molecular weight is 383 g/mol. The van der Waals surface area contributed by atoms with Gasteiger partial charge in [-0.1, -0.05) is 23.4 Å². The van der Waals surface area contributed by atoms with Crippen LogP contribution in [-0.2, 0) is 4.79 Å². The molecule has 142 valence electrons. The normalized spacial score (nSPS) is 20.5. The Kier molecular flexibility index (Phi) is 4.84. The number of fused-ring (bicyclic) bond motifs is 3. The van der Waals surface area contributed by atoms with Gasteiger partial charge in [-0.2, -0.15) is 0 Å². The van der Waals surface area contributed by atoms with E-state index >= 15 is 0 Å². The molecule has 0 radical (unpaired) electrons. The molecule has 2 atom stereocenters. The van der Waals surface area contributed by atoms with Gasteiger partial charge < -0.3 is 4.90 Å². The fourth-order valence-corrected chi connectivity index (χ4v) is 5.05. The van der Waals surface area contributed by atoms with Crippen LogP contribution in [0.4, 0.5) is 0 Å². The van der Waals surface area contributed by atoms with E-state index in [1.165, 1.54) is 29.1 Å². The highest BCUT2D eigenvalue weighted by Crippen LogP contribution is 2.28. The number of thioether (sulfide) groups is 1. The van der Waals surface area contributed by atoms with Crippen LogP contribution in [0.5, 0.6) is 0 Å². The number of aromatic nitrogens is 3. The number of carbonyl (C=O) groups is 1. The first-order valence-corrected chi connectivity index (χ1v) is 10.6. The van der Waals surface area contributed by atoms with Crippen LogP contribution in [0.25, 0.3) is 16.6 Å². The Labute approximate surface area is 164 Å². The van der Waals surface area contributed by atoms with Gasteiger partial charge in [0.1, 0.15) is 0 Å². The van der Waals surface area contributed by atoms with E-state index < -0.39 is 0 Å². The summed E-state index contributed by atoms with van der Waals surface area (Å²) in [4.78, 5) is 14.9. The molecule has 3 heterocycles. The Morgan fingerprint density at radius 1 is 1.15 bits per heavy atom. The topological polar surface area (TPSA) is 50.5 Å². The fourth-order valence-electron chi connectivity index (χ4n) is 4.24. The number of amides is 1. The van der Waals surface area contributed by atoms with Crippen LogP contribution in [0.1, 0.15) is 44.2 Å². The lowest BCUT2D eigenvalue weighted by atomic mass is 9.98. The average Bonchev–Trinajstić information content (AvgIpc) is 3.04. The number of piperidine rings is 1. The van der Waals surface area contributed by atoms with Crippen molar-refractivity contribution in [3.8, 4) is 0 Å². The molecule has 0 saturated carbocycles. The largest absolute Gasteiger partial charge is 0.337 e. The minimum Gasteiger partial charge on any atom is -0.337 e. The van der Waals surface area contributed by atoms with Gasteiger partial charge in [0, 0.05) is 12.1 Å². The molecule has 0 unspecified atom stereocenters. The number of nitrogens with zero attached hydrogens (tertiary/aromatic N) is 4. The molecule has 5 nitrogen and oxygen atoms in total. The Morgan fingerprint density at radius 2 is 1.89 bits per heavy atom. The van der Waals surface area contributed by atoms with E-state index in [9.17, 15) is 4.79 Å². The molecule has 4 rings (SSSR count). The van der Waals surface area contributed by atoms with Crippen molar-refractivity contribution in [1.82, 2.24) is 19.5 Å². The molecule has 2 aromatic heterocycles. The Morgan fingerprint density at radius 3 is 2.63 bits per heavy atom. The van der Waals surface area contributed by atoms with Crippen molar-refractivity contribution in [2.75, 3.05) is 5.75 Å². The standard InChI is InChI=1S/C21H26N4OS/c1-13-8-9-18-17(10-13)11-14(2)20-22-23-21(25(18)20)27-12-19(26)24-15(3)6-5-7-16(24)4/h8-11,15-16H,5-7,12H2,1-4H3/t15-,16-/m1/s1. The van der Waals surface area contributed by atoms with Crippen molar-refractivity contribution in [2.45, 2.75) is 64.2 Å². The van der Waals surface area contributed by atoms with Gasteiger partial charge in [0.15, 0.2) is 10.8 Å². The molecule has 0 aliphatic carbocycles. The van der Waals surface area contributed by atoms with Crippen molar-refractivity contribution >= 4 is 34.2 Å². The summed E-state index contributed by atoms with van der Waals surface area (Å²) < 4.78 is 2.09. The van der Waals surface area contributed by atoms with Gasteiger partial charge in [0.2, 0.25) is 5.91 Å². The highest BCUT2D eigenvalue weighted by molar-refractivity contribution is 7.99. The van der Waals surface area contributed by atoms with Crippen LogP contribution < -0.4 is 0 Å². The lowest BCUT2D eigenvalue weighted by molar-refractivity contribution is -0.134. The van der Waals surface area contributed by atoms with Crippen molar-refractivity contribution in [1.29, 1.82) is 0 Å². The molecule has 1 aromatic carbocycles. The van der Waals surface area contributed by atoms with E-state index in [1.54, 1.807) is 0 Å². The molecule has 1 amide bonds. The maximum Gasteiger partial charge on any atom is 0.233 e. The third-order valence-corrected chi connectivity index (χ3v) is 6.50. The highest BCUT2D eigenvalue weighted by atomic mass is 32.2. The van der Waals surface area contributed by atoms with Crippen molar-refractivity contribution in [3.05, 3.63) is 35.4 Å². The van der Waals surface area contributed by atoms with Crippen LogP contribution in [0.15, 0.2) is 29.4 Å². The molecule has 3 aromatic rings. The first-order chi connectivity index (χ1) is 13.0. The summed E-state index contributed by atoms with van der Waals surface area (Å²) in [7, 11) is 0. The molecule has 1 saturated heterocycles. The predicted molar refractivity (Wildman–Crippen MR) is 110 cm³/mol. The lowest BCUT2D eigenvalue weighted by Gasteiger charge is -2.39. The van der Waals surface area contributed by atoms with Crippen molar-refractivity contribution < 1.29 is 4.79 Å². The van der Waals surface area contributed by atoms with Gasteiger partial charge in [-0.25, -0.2) is 0 Å². The van der Waals surface area contributed by atoms with Crippen LogP contribution in [-0.4, -0.2) is 43.2 Å². The summed E-state index contributed by atoms with van der Waals surface area (Å²) in [6.07, 6.45) is 3.40. The third-order valence-electron chi connectivity index (χ3n) is 5.59. The number of carbonyl (C=O) groups excluding carboxylic acids is 1. The SMILES string of the molecule is Cc1ccc2c(c1)cc(C)c1nnc(SCC(=O)N3[C@H](C)CCC[C@H]3C)n12. The quantitative estimate of drug-likeness (QED) is 0.631. The molecule has 0 N–H and O–H groups in total. The van der Waals surface area contributed by atoms with Crippen molar-refractivity contribution in [2.24, 2.45) is 0 Å². The lowest BCUT2D eigenvalue weighted by Crippen LogP contribution is -2.48. The Hall–Kier alpha value is -2.08. The minimum absolute atomic E-state index is 0.198. The van der Waals surface area contributed by atoms with Gasteiger partial charge in [-0.05, 0) is 76.1 Å². The Bertz CT molecular complexity index is 1000. The second-order valence-electron chi connectivity index (χ2n) is 7.75. The van der Waals surface area contributed by atoms with Gasteiger partial charge in [0.25, 0.3) is 0 Å². The molecule has 1 aliphatic rings. The van der Waals surface area contributed by atoms with Gasteiger partial charge in [-0.15, -0.1) is 10.2 Å². The molecular formula is C21H26N4OS. The van der Waals surface area contributed by atoms with Crippen LogP contribution in [0.3, 0.4) is 0 Å². The zero-order chi connectivity index (χ0) is 19.1. The summed E-state index contributed by atoms with van der Waals surface area (Å²) in [5, 5.41) is 10.7. The van der Waals surface area contributed by atoms with E-state index in [2.05, 4.69) is 71.5 Å². The molecule has 0 spiro atoms. The zero-order valence-corrected chi connectivity index (χ0v) is 17.2. The number of likely N-dealkylation sites (tertiary alicyclic amines) is 1. The number of pyridine rings is 1. The molecule has 0 bridgehead atoms. The van der Waals surface area contributed by atoms with Crippen LogP contribution >= 0.6 is 11.8 Å². The molecule has 1 aliphatic heterocycles. The number of benzene rings is 1. The summed E-state index contributed by atoms with van der Waals surface area (Å²) >= 11 is 1.49. The molecular weight excluding hydrogens is 356 g/mol. The van der Waals surface area contributed by atoms with E-state index in [-0.39, 0.29) is 5.91 Å². The minimum atomic E-state index is 0.198. The molecule has 6 heteroatoms. The monoisotopic (exact) mass is 382 g/mol. The molecule has 27 heavy (non-hydrogen) atoms. The fraction of sp³-hybridized carbons (Fsp3) is 0.476. The first kappa shape index (κ1) is 18.3. The molecule has 1 fully saturated rings. The summed E-state index contributed by atoms with van der Waals surface area (Å²) in [5.41, 5.74) is 4.27. The zero-order valence-electron chi connectivity index (χ0n) is 16.4.